The zero-order valence-electron chi connectivity index (χ0n) is 22.6. The lowest BCUT2D eigenvalue weighted by molar-refractivity contribution is 0.235. The van der Waals surface area contributed by atoms with Gasteiger partial charge in [-0.3, -0.25) is 0 Å². The summed E-state index contributed by atoms with van der Waals surface area (Å²) in [4.78, 5) is 0. The van der Waals surface area contributed by atoms with Crippen LogP contribution in [0.15, 0.2) is 121 Å². The van der Waals surface area contributed by atoms with Gasteiger partial charge in [0.25, 0.3) is 16.6 Å². The van der Waals surface area contributed by atoms with Crippen molar-refractivity contribution < 1.29 is 8.85 Å². The lowest BCUT2D eigenvalue weighted by Gasteiger charge is -2.37. The standard InChI is InChI=1S/C33H40O2Si2/c1-28(2)34-36(30-18-9-5-10-19-30,31-20-11-6-12-21-31)26-17-27-37(35-29(3)4,32-22-13-7-14-23-32)33-24-15-8-16-25-33/h5-16,18-25,28-29H,17,26-27H2,1-4H3. The van der Waals surface area contributed by atoms with Gasteiger partial charge < -0.3 is 8.85 Å². The minimum atomic E-state index is -2.49. The SMILES string of the molecule is CC(C)O[Si](CCC[Si](OC(C)C)(c1ccccc1)c1ccccc1)(c1ccccc1)c1ccccc1. The fraction of sp³-hybridized carbons (Fsp3) is 0.273. The molecule has 192 valence electrons. The maximum atomic E-state index is 7.03. The van der Waals surface area contributed by atoms with Gasteiger partial charge in [0.2, 0.25) is 0 Å². The van der Waals surface area contributed by atoms with Crippen LogP contribution in [-0.2, 0) is 8.85 Å². The molecule has 2 nitrogen and oxygen atoms in total. The highest BCUT2D eigenvalue weighted by atomic mass is 28.4. The molecule has 4 rings (SSSR count). The smallest absolute Gasteiger partial charge is 0.256 e. The van der Waals surface area contributed by atoms with Crippen LogP contribution >= 0.6 is 0 Å². The Bertz CT molecular complexity index is 1020. The third kappa shape index (κ3) is 6.39. The van der Waals surface area contributed by atoms with E-state index in [-0.39, 0.29) is 12.2 Å². The van der Waals surface area contributed by atoms with Crippen LogP contribution in [0, 0.1) is 0 Å². The summed E-state index contributed by atoms with van der Waals surface area (Å²) in [7, 11) is -4.97. The van der Waals surface area contributed by atoms with Gasteiger partial charge in [0.05, 0.1) is 0 Å². The van der Waals surface area contributed by atoms with Crippen LogP contribution in [0.5, 0.6) is 0 Å². The molecule has 0 aliphatic rings. The van der Waals surface area contributed by atoms with Gasteiger partial charge in [-0.25, -0.2) is 0 Å². The Hall–Kier alpha value is -2.77. The zero-order valence-corrected chi connectivity index (χ0v) is 24.6. The van der Waals surface area contributed by atoms with Gasteiger partial charge in [0.15, 0.2) is 0 Å². The van der Waals surface area contributed by atoms with Crippen LogP contribution in [0.3, 0.4) is 0 Å². The Morgan fingerprint density at radius 3 is 0.892 bits per heavy atom. The van der Waals surface area contributed by atoms with Gasteiger partial charge in [0.1, 0.15) is 0 Å². The molecule has 0 saturated heterocycles. The fourth-order valence-electron chi connectivity index (χ4n) is 5.52. The molecule has 0 spiro atoms. The third-order valence-corrected chi connectivity index (χ3v) is 15.8. The maximum absolute atomic E-state index is 7.03. The van der Waals surface area contributed by atoms with Crippen LogP contribution in [-0.4, -0.2) is 28.8 Å². The molecule has 0 amide bonds. The third-order valence-electron chi connectivity index (χ3n) is 6.89. The lowest BCUT2D eigenvalue weighted by atomic mass is 10.4. The van der Waals surface area contributed by atoms with Gasteiger partial charge in [-0.15, -0.1) is 0 Å². The molecule has 0 N–H and O–H groups in total. The topological polar surface area (TPSA) is 18.5 Å². The average Bonchev–Trinajstić information content (AvgIpc) is 2.93. The van der Waals surface area contributed by atoms with E-state index in [1.54, 1.807) is 0 Å². The molecule has 0 saturated carbocycles. The van der Waals surface area contributed by atoms with Crippen molar-refractivity contribution in [3.63, 3.8) is 0 Å². The minimum Gasteiger partial charge on any atom is -0.406 e. The molecule has 0 bridgehead atoms. The second-order valence-corrected chi connectivity index (χ2v) is 17.4. The van der Waals surface area contributed by atoms with Crippen LogP contribution in [0.4, 0.5) is 0 Å². The van der Waals surface area contributed by atoms with E-state index in [2.05, 4.69) is 149 Å². The summed E-state index contributed by atoms with van der Waals surface area (Å²) in [6.45, 7) is 8.68. The highest BCUT2D eigenvalue weighted by Gasteiger charge is 2.44. The molecule has 0 aliphatic carbocycles. The van der Waals surface area contributed by atoms with Gasteiger partial charge in [-0.05, 0) is 60.5 Å². The average molecular weight is 525 g/mol. The Labute approximate surface area is 225 Å². The lowest BCUT2D eigenvalue weighted by Crippen LogP contribution is -2.63. The molecule has 37 heavy (non-hydrogen) atoms. The van der Waals surface area contributed by atoms with Crippen molar-refractivity contribution in [2.45, 2.75) is 58.4 Å². The Morgan fingerprint density at radius 1 is 0.432 bits per heavy atom. The molecule has 0 fully saturated rings. The quantitative estimate of drug-likeness (QED) is 0.220. The molecule has 0 aliphatic heterocycles. The summed E-state index contributed by atoms with van der Waals surface area (Å²) >= 11 is 0. The zero-order chi connectivity index (χ0) is 26.1. The molecule has 0 unspecified atom stereocenters. The maximum Gasteiger partial charge on any atom is 0.256 e. The molecule has 0 atom stereocenters. The predicted molar refractivity (Wildman–Crippen MR) is 162 cm³/mol. The first-order valence-corrected chi connectivity index (χ1v) is 17.8. The first kappa shape index (κ1) is 27.3. The van der Waals surface area contributed by atoms with E-state index in [1.165, 1.54) is 20.7 Å². The normalized spacial score (nSPS) is 12.3. The Kier molecular flexibility index (Phi) is 9.33. The van der Waals surface area contributed by atoms with Crippen molar-refractivity contribution in [1.29, 1.82) is 0 Å². The van der Waals surface area contributed by atoms with Crippen LogP contribution in [0.25, 0.3) is 0 Å². The molecule has 0 radical (unpaired) electrons. The number of hydrogen-bond acceptors (Lipinski definition) is 2. The summed E-state index contributed by atoms with van der Waals surface area (Å²) in [6.07, 6.45) is 1.32. The van der Waals surface area contributed by atoms with E-state index in [1.807, 2.05) is 0 Å². The van der Waals surface area contributed by atoms with E-state index in [4.69, 9.17) is 8.85 Å². The van der Waals surface area contributed by atoms with Gasteiger partial charge in [0, 0.05) is 12.2 Å². The van der Waals surface area contributed by atoms with Crippen LogP contribution < -0.4 is 20.7 Å². The van der Waals surface area contributed by atoms with Crippen molar-refractivity contribution in [2.24, 2.45) is 0 Å². The highest BCUT2D eigenvalue weighted by molar-refractivity contribution is 6.99. The molecule has 4 aromatic carbocycles. The van der Waals surface area contributed by atoms with E-state index in [0.717, 1.165) is 18.5 Å². The molecular weight excluding hydrogens is 485 g/mol. The van der Waals surface area contributed by atoms with Crippen molar-refractivity contribution >= 4 is 37.4 Å². The minimum absolute atomic E-state index is 0.143. The van der Waals surface area contributed by atoms with Crippen molar-refractivity contribution in [3.05, 3.63) is 121 Å². The summed E-state index contributed by atoms with van der Waals surface area (Å²) in [5.74, 6) is 0. The summed E-state index contributed by atoms with van der Waals surface area (Å²) < 4.78 is 14.1. The monoisotopic (exact) mass is 524 g/mol. The Morgan fingerprint density at radius 2 is 0.676 bits per heavy atom. The summed E-state index contributed by atoms with van der Waals surface area (Å²) in [5, 5.41) is 5.36. The summed E-state index contributed by atoms with van der Waals surface area (Å²) in [6, 6.07) is 45.8. The van der Waals surface area contributed by atoms with Gasteiger partial charge >= 0.3 is 0 Å². The highest BCUT2D eigenvalue weighted by Crippen LogP contribution is 2.25. The summed E-state index contributed by atoms with van der Waals surface area (Å²) in [5.41, 5.74) is 0. The number of rotatable bonds is 12. The van der Waals surface area contributed by atoms with E-state index in [0.29, 0.717) is 0 Å². The number of benzene rings is 4. The second kappa shape index (κ2) is 12.7. The van der Waals surface area contributed by atoms with Crippen molar-refractivity contribution in [3.8, 4) is 0 Å². The number of hydrogen-bond donors (Lipinski definition) is 0. The molecular formula is C33H40O2Si2. The first-order chi connectivity index (χ1) is 18.0. The van der Waals surface area contributed by atoms with E-state index >= 15 is 0 Å². The van der Waals surface area contributed by atoms with Crippen molar-refractivity contribution in [2.75, 3.05) is 0 Å². The van der Waals surface area contributed by atoms with Gasteiger partial charge in [-0.2, -0.15) is 0 Å². The predicted octanol–water partition coefficient (Wildman–Crippen LogP) is 5.75. The van der Waals surface area contributed by atoms with E-state index in [9.17, 15) is 0 Å². The van der Waals surface area contributed by atoms with Crippen LogP contribution in [0.1, 0.15) is 34.1 Å². The van der Waals surface area contributed by atoms with Crippen LogP contribution in [0.2, 0.25) is 12.1 Å². The fourth-order valence-corrected chi connectivity index (χ4v) is 14.4. The van der Waals surface area contributed by atoms with E-state index < -0.39 is 16.6 Å². The Balaban J connectivity index is 1.77. The van der Waals surface area contributed by atoms with Crippen molar-refractivity contribution in [1.82, 2.24) is 0 Å². The molecule has 0 aromatic heterocycles. The first-order valence-electron chi connectivity index (χ1n) is 13.5. The largest absolute Gasteiger partial charge is 0.406 e. The second-order valence-electron chi connectivity index (χ2n) is 10.3. The van der Waals surface area contributed by atoms with Gasteiger partial charge in [-0.1, -0.05) is 128 Å². The molecule has 0 heterocycles. The molecule has 4 heteroatoms. The molecule has 4 aromatic rings.